The van der Waals surface area contributed by atoms with E-state index in [4.69, 9.17) is 4.74 Å². The molecule has 3 aliphatic rings. The van der Waals surface area contributed by atoms with Crippen molar-refractivity contribution in [2.24, 2.45) is 0 Å². The van der Waals surface area contributed by atoms with E-state index in [2.05, 4.69) is 34.6 Å². The first-order chi connectivity index (χ1) is 11.1. The number of hydrogen-bond donors (Lipinski definition) is 2. The number of amides is 2. The number of carbonyl (C=O) groups excluding carboxylic acids is 2. The molecule has 2 N–H and O–H groups in total. The molecule has 1 atom stereocenters. The number of rotatable bonds is 1. The van der Waals surface area contributed by atoms with E-state index < -0.39 is 5.41 Å². The van der Waals surface area contributed by atoms with E-state index in [1.165, 1.54) is 5.69 Å². The fourth-order valence-corrected chi connectivity index (χ4v) is 3.84. The maximum Gasteiger partial charge on any atom is 0.240 e. The molecule has 6 heteroatoms. The molecule has 122 valence electrons. The van der Waals surface area contributed by atoms with Crippen molar-refractivity contribution in [1.29, 1.82) is 0 Å². The summed E-state index contributed by atoms with van der Waals surface area (Å²) in [5, 5.41) is 5.83. The fourth-order valence-electron chi connectivity index (χ4n) is 3.84. The minimum Gasteiger partial charge on any atom is -0.492 e. The fraction of sp³-hybridized carbons (Fsp3) is 0.529. The minimum absolute atomic E-state index is 0.191. The van der Waals surface area contributed by atoms with Crippen LogP contribution in [0.25, 0.3) is 0 Å². The summed E-state index contributed by atoms with van der Waals surface area (Å²) in [6.45, 7) is 6.30. The number of carbonyl (C=O) groups is 2. The third-order valence-electron chi connectivity index (χ3n) is 5.21. The number of piperidine rings is 1. The van der Waals surface area contributed by atoms with E-state index in [1.807, 2.05) is 0 Å². The summed E-state index contributed by atoms with van der Waals surface area (Å²) in [7, 11) is 0. The minimum atomic E-state index is -0.698. The van der Waals surface area contributed by atoms with Gasteiger partial charge in [-0.25, -0.2) is 0 Å². The van der Waals surface area contributed by atoms with Gasteiger partial charge in [0.1, 0.15) is 17.8 Å². The summed E-state index contributed by atoms with van der Waals surface area (Å²) in [6.07, 6.45) is 0.893. The van der Waals surface area contributed by atoms with Crippen molar-refractivity contribution in [3.8, 4) is 5.75 Å². The molecule has 1 spiro atoms. The summed E-state index contributed by atoms with van der Waals surface area (Å²) in [6, 6.07) is 4.14. The van der Waals surface area contributed by atoms with E-state index in [0.717, 1.165) is 43.1 Å². The molecule has 4 rings (SSSR count). The molecule has 0 saturated carbocycles. The van der Waals surface area contributed by atoms with Crippen LogP contribution >= 0.6 is 0 Å². The zero-order valence-electron chi connectivity index (χ0n) is 13.3. The third kappa shape index (κ3) is 2.20. The Bertz CT molecular complexity index is 682. The van der Waals surface area contributed by atoms with Gasteiger partial charge >= 0.3 is 0 Å². The number of fused-ring (bicyclic) bond motifs is 2. The average molecular weight is 315 g/mol. The van der Waals surface area contributed by atoms with Crippen LogP contribution in [0.1, 0.15) is 24.0 Å². The Morgan fingerprint density at radius 2 is 2.00 bits per heavy atom. The number of nitrogens with zero attached hydrogens (tertiary/aromatic N) is 1. The van der Waals surface area contributed by atoms with Crippen molar-refractivity contribution in [3.05, 3.63) is 23.3 Å². The number of benzene rings is 1. The molecule has 1 unspecified atom stereocenters. The monoisotopic (exact) mass is 315 g/mol. The second-order valence-electron chi connectivity index (χ2n) is 6.62. The highest BCUT2D eigenvalue weighted by atomic mass is 16.5. The number of imide groups is 1. The normalized spacial score (nSPS) is 26.9. The number of anilines is 1. The Hall–Kier alpha value is -2.08. The Morgan fingerprint density at radius 1 is 1.22 bits per heavy atom. The van der Waals surface area contributed by atoms with E-state index in [9.17, 15) is 9.59 Å². The maximum atomic E-state index is 12.5. The molecule has 2 fully saturated rings. The van der Waals surface area contributed by atoms with Gasteiger partial charge in [-0.3, -0.25) is 14.9 Å². The van der Waals surface area contributed by atoms with E-state index in [1.54, 1.807) is 0 Å². The number of nitrogens with one attached hydrogen (secondary N) is 2. The number of hydrogen-bond acceptors (Lipinski definition) is 5. The molecule has 0 aliphatic carbocycles. The van der Waals surface area contributed by atoms with Crippen LogP contribution in [0.5, 0.6) is 5.75 Å². The zero-order valence-corrected chi connectivity index (χ0v) is 13.3. The highest BCUT2D eigenvalue weighted by Crippen LogP contribution is 2.46. The highest BCUT2D eigenvalue weighted by Gasteiger charge is 2.50. The molecule has 0 aromatic heterocycles. The second kappa shape index (κ2) is 5.23. The highest BCUT2D eigenvalue weighted by molar-refractivity contribution is 6.04. The lowest BCUT2D eigenvalue weighted by atomic mass is 9.75. The predicted octanol–water partition coefficient (Wildman–Crippen LogP) is 0.471. The van der Waals surface area contributed by atoms with Crippen LogP contribution < -0.4 is 20.3 Å². The van der Waals surface area contributed by atoms with Gasteiger partial charge in [-0.15, -0.1) is 0 Å². The summed E-state index contributed by atoms with van der Waals surface area (Å²) in [5.74, 6) is 0.374. The van der Waals surface area contributed by atoms with Crippen LogP contribution in [0.2, 0.25) is 0 Å². The molecule has 0 bridgehead atoms. The van der Waals surface area contributed by atoms with Gasteiger partial charge < -0.3 is 15.0 Å². The van der Waals surface area contributed by atoms with Gasteiger partial charge in [0.25, 0.3) is 0 Å². The van der Waals surface area contributed by atoms with Gasteiger partial charge in [-0.05, 0) is 25.0 Å². The lowest BCUT2D eigenvalue weighted by molar-refractivity contribution is -0.138. The Balaban J connectivity index is 1.72. The maximum absolute atomic E-state index is 12.5. The molecule has 2 saturated heterocycles. The summed E-state index contributed by atoms with van der Waals surface area (Å²) < 4.78 is 5.87. The molecule has 1 aromatic carbocycles. The van der Waals surface area contributed by atoms with Gasteiger partial charge in [0.15, 0.2) is 0 Å². The Morgan fingerprint density at radius 3 is 2.74 bits per heavy atom. The summed E-state index contributed by atoms with van der Waals surface area (Å²) in [4.78, 5) is 26.3. The molecule has 2 amide bonds. The smallest absolute Gasteiger partial charge is 0.240 e. The average Bonchev–Trinajstić information content (AvgIpc) is 2.90. The molecule has 0 radical (unpaired) electrons. The SMILES string of the molecule is Cc1cc2c(cc1N1CCNCC1)OCC21CCC(=O)NC1=O. The van der Waals surface area contributed by atoms with Crippen LogP contribution in [0, 0.1) is 6.92 Å². The van der Waals surface area contributed by atoms with Crippen molar-refractivity contribution < 1.29 is 14.3 Å². The molecule has 1 aromatic rings. The first-order valence-corrected chi connectivity index (χ1v) is 8.18. The lowest BCUT2D eigenvalue weighted by Crippen LogP contribution is -2.52. The van der Waals surface area contributed by atoms with Crippen LogP contribution in [0.3, 0.4) is 0 Å². The first-order valence-electron chi connectivity index (χ1n) is 8.18. The van der Waals surface area contributed by atoms with Crippen molar-refractivity contribution in [2.45, 2.75) is 25.2 Å². The number of aryl methyl sites for hydroxylation is 1. The van der Waals surface area contributed by atoms with Crippen LogP contribution in [-0.2, 0) is 15.0 Å². The van der Waals surface area contributed by atoms with Crippen LogP contribution in [0.4, 0.5) is 5.69 Å². The standard InChI is InChI=1S/C17H21N3O3/c1-11-8-12-14(9-13(11)20-6-4-18-5-7-20)23-10-17(12)3-2-15(21)19-16(17)22/h8-9,18H,2-7,10H2,1H3,(H,19,21,22). The van der Waals surface area contributed by atoms with Crippen molar-refractivity contribution in [1.82, 2.24) is 10.6 Å². The molecular formula is C17H21N3O3. The molecule has 3 heterocycles. The topological polar surface area (TPSA) is 70.7 Å². The predicted molar refractivity (Wildman–Crippen MR) is 85.8 cm³/mol. The first kappa shape index (κ1) is 14.5. The quantitative estimate of drug-likeness (QED) is 0.737. The molecular weight excluding hydrogens is 294 g/mol. The van der Waals surface area contributed by atoms with E-state index >= 15 is 0 Å². The largest absolute Gasteiger partial charge is 0.492 e. The van der Waals surface area contributed by atoms with Gasteiger partial charge in [-0.1, -0.05) is 0 Å². The Kier molecular flexibility index (Phi) is 3.30. The van der Waals surface area contributed by atoms with Gasteiger partial charge in [-0.2, -0.15) is 0 Å². The lowest BCUT2D eigenvalue weighted by Gasteiger charge is -2.32. The Labute approximate surface area is 135 Å². The van der Waals surface area contributed by atoms with Crippen molar-refractivity contribution >= 4 is 17.5 Å². The summed E-state index contributed by atoms with van der Waals surface area (Å²) in [5.41, 5.74) is 2.56. The van der Waals surface area contributed by atoms with Gasteiger partial charge in [0, 0.05) is 49.9 Å². The van der Waals surface area contributed by atoms with E-state index in [-0.39, 0.29) is 11.8 Å². The summed E-state index contributed by atoms with van der Waals surface area (Å²) >= 11 is 0. The van der Waals surface area contributed by atoms with Gasteiger partial charge in [0.05, 0.1) is 0 Å². The second-order valence-corrected chi connectivity index (χ2v) is 6.62. The van der Waals surface area contributed by atoms with Crippen molar-refractivity contribution in [3.63, 3.8) is 0 Å². The molecule has 6 nitrogen and oxygen atoms in total. The van der Waals surface area contributed by atoms with E-state index in [0.29, 0.717) is 19.4 Å². The number of piperazine rings is 1. The zero-order chi connectivity index (χ0) is 16.0. The van der Waals surface area contributed by atoms with Crippen molar-refractivity contribution in [2.75, 3.05) is 37.7 Å². The number of ether oxygens (including phenoxy) is 1. The van der Waals surface area contributed by atoms with Crippen LogP contribution in [-0.4, -0.2) is 44.6 Å². The third-order valence-corrected chi connectivity index (χ3v) is 5.21. The van der Waals surface area contributed by atoms with Gasteiger partial charge in [0.2, 0.25) is 11.8 Å². The molecule has 3 aliphatic heterocycles. The molecule has 23 heavy (non-hydrogen) atoms. The van der Waals surface area contributed by atoms with Crippen LogP contribution in [0.15, 0.2) is 12.1 Å².